The van der Waals surface area contributed by atoms with E-state index < -0.39 is 6.17 Å². The molecule has 0 aliphatic heterocycles. The van der Waals surface area contributed by atoms with Crippen LogP contribution in [0.1, 0.15) is 35.4 Å². The van der Waals surface area contributed by atoms with Crippen LogP contribution >= 0.6 is 31.9 Å². The molecule has 0 aliphatic carbocycles. The number of carbonyl (C=O) groups excluding carboxylic acids is 1. The third-order valence-corrected chi connectivity index (χ3v) is 7.06. The Hall–Kier alpha value is -2.82. The fourth-order valence-corrected chi connectivity index (χ4v) is 4.89. The summed E-state index contributed by atoms with van der Waals surface area (Å²) in [6.45, 7) is 3.58. The van der Waals surface area contributed by atoms with Crippen molar-refractivity contribution < 1.29 is 4.79 Å². The van der Waals surface area contributed by atoms with E-state index in [1.54, 1.807) is 32.6 Å². The monoisotopic (exact) mass is 614 g/mol. The van der Waals surface area contributed by atoms with Gasteiger partial charge in [-0.2, -0.15) is 5.10 Å². The molecule has 10 heteroatoms. The molecular formula is C26H28Br2N6O2. The number of nitrogens with zero attached hydrogens (tertiary/aromatic N) is 6. The quantitative estimate of drug-likeness (QED) is 0.271. The van der Waals surface area contributed by atoms with Gasteiger partial charge in [0.05, 0.1) is 6.54 Å². The van der Waals surface area contributed by atoms with Crippen LogP contribution in [0.3, 0.4) is 0 Å². The molecule has 0 N–H and O–H groups in total. The minimum absolute atomic E-state index is 0.103. The minimum Gasteiger partial charge on any atom is -0.315 e. The second-order valence-corrected chi connectivity index (χ2v) is 10.5. The van der Waals surface area contributed by atoms with Gasteiger partial charge < -0.3 is 9.80 Å². The summed E-state index contributed by atoms with van der Waals surface area (Å²) in [6.07, 6.45) is 1.72. The number of likely N-dealkylation sites (N-methyl/N-ethyl adjacent to an activating group) is 1. The molecule has 2 heterocycles. The first kappa shape index (κ1) is 26.2. The molecule has 0 saturated carbocycles. The number of fused-ring (bicyclic) bond motifs is 1. The summed E-state index contributed by atoms with van der Waals surface area (Å²) in [5.74, 6) is -0.103. The molecule has 0 radical (unpaired) electrons. The summed E-state index contributed by atoms with van der Waals surface area (Å²) < 4.78 is 4.59. The van der Waals surface area contributed by atoms with Crippen molar-refractivity contribution in [2.75, 3.05) is 27.2 Å². The summed E-state index contributed by atoms with van der Waals surface area (Å²) in [4.78, 5) is 35.5. The lowest BCUT2D eigenvalue weighted by Gasteiger charge is -2.32. The molecule has 4 rings (SSSR count). The van der Waals surface area contributed by atoms with E-state index in [9.17, 15) is 9.59 Å². The lowest BCUT2D eigenvalue weighted by Crippen LogP contribution is -2.42. The fraction of sp³-hybridized carbons (Fsp3) is 0.308. The zero-order valence-corrected chi connectivity index (χ0v) is 23.6. The van der Waals surface area contributed by atoms with E-state index in [2.05, 4.69) is 41.9 Å². The van der Waals surface area contributed by atoms with Crippen LogP contribution in [0.2, 0.25) is 0 Å². The van der Waals surface area contributed by atoms with Crippen LogP contribution in [0.5, 0.6) is 0 Å². The lowest BCUT2D eigenvalue weighted by atomic mass is 10.1. The third kappa shape index (κ3) is 5.61. The van der Waals surface area contributed by atoms with Crippen LogP contribution in [0.25, 0.3) is 11.0 Å². The predicted molar refractivity (Wildman–Crippen MR) is 148 cm³/mol. The maximum absolute atomic E-state index is 13.7. The van der Waals surface area contributed by atoms with Crippen LogP contribution in [0.4, 0.5) is 0 Å². The van der Waals surface area contributed by atoms with Crippen LogP contribution in [-0.2, 0) is 6.54 Å². The van der Waals surface area contributed by atoms with Gasteiger partial charge >= 0.3 is 0 Å². The summed E-state index contributed by atoms with van der Waals surface area (Å²) in [5.41, 5.74) is 1.85. The van der Waals surface area contributed by atoms with E-state index in [0.717, 1.165) is 10.0 Å². The van der Waals surface area contributed by atoms with Crippen molar-refractivity contribution in [3.63, 3.8) is 0 Å². The minimum atomic E-state index is -0.424. The first-order chi connectivity index (χ1) is 17.3. The van der Waals surface area contributed by atoms with Crippen LogP contribution in [-0.4, -0.2) is 62.2 Å². The Morgan fingerprint density at radius 1 is 1.03 bits per heavy atom. The van der Waals surface area contributed by atoms with Gasteiger partial charge in [0.15, 0.2) is 5.65 Å². The van der Waals surface area contributed by atoms with E-state index >= 15 is 0 Å². The summed E-state index contributed by atoms with van der Waals surface area (Å²) >= 11 is 6.92. The molecule has 0 fully saturated rings. The van der Waals surface area contributed by atoms with Gasteiger partial charge in [-0.25, -0.2) is 9.67 Å². The Bertz CT molecular complexity index is 1400. The Morgan fingerprint density at radius 2 is 1.72 bits per heavy atom. The lowest BCUT2D eigenvalue weighted by molar-refractivity contribution is 0.0548. The second-order valence-electron chi connectivity index (χ2n) is 8.79. The molecule has 0 spiro atoms. The van der Waals surface area contributed by atoms with Crippen LogP contribution in [0, 0.1) is 0 Å². The van der Waals surface area contributed by atoms with Gasteiger partial charge in [0, 0.05) is 23.1 Å². The fourth-order valence-electron chi connectivity index (χ4n) is 4.10. The van der Waals surface area contributed by atoms with Gasteiger partial charge in [0.2, 0.25) is 0 Å². The number of aromatic nitrogens is 4. The molecule has 1 atom stereocenters. The zero-order chi connectivity index (χ0) is 25.8. The molecule has 0 saturated heterocycles. The number of rotatable bonds is 9. The topological polar surface area (TPSA) is 76.3 Å². The highest BCUT2D eigenvalue weighted by atomic mass is 79.9. The SMILES string of the molecule is CCC(N(CCN(C)C)C(=O)c1ccc(Br)cc1)n1nc(Br)c2c(=O)n(Cc3ccccc3)cnc21. The van der Waals surface area contributed by atoms with Gasteiger partial charge in [-0.05, 0) is 66.3 Å². The number of halogens is 2. The van der Waals surface area contributed by atoms with E-state index in [1.807, 2.05) is 68.4 Å². The summed E-state index contributed by atoms with van der Waals surface area (Å²) in [6, 6.07) is 17.1. The molecule has 0 bridgehead atoms. The van der Waals surface area contributed by atoms with Crippen molar-refractivity contribution in [1.29, 1.82) is 0 Å². The number of benzene rings is 2. The van der Waals surface area contributed by atoms with Gasteiger partial charge in [0.1, 0.15) is 22.5 Å². The predicted octanol–water partition coefficient (Wildman–Crippen LogP) is 4.78. The third-order valence-electron chi connectivity index (χ3n) is 5.98. The summed E-state index contributed by atoms with van der Waals surface area (Å²) in [5, 5.41) is 5.05. The van der Waals surface area contributed by atoms with E-state index in [4.69, 9.17) is 0 Å². The van der Waals surface area contributed by atoms with E-state index in [1.165, 1.54) is 0 Å². The Morgan fingerprint density at radius 3 is 2.36 bits per heavy atom. The highest BCUT2D eigenvalue weighted by Gasteiger charge is 2.29. The number of hydrogen-bond donors (Lipinski definition) is 0. The van der Waals surface area contributed by atoms with E-state index in [-0.39, 0.29) is 11.5 Å². The molecule has 4 aromatic rings. The maximum Gasteiger partial charge on any atom is 0.265 e. The Balaban J connectivity index is 1.76. The largest absolute Gasteiger partial charge is 0.315 e. The molecule has 36 heavy (non-hydrogen) atoms. The van der Waals surface area contributed by atoms with Crippen molar-refractivity contribution in [3.05, 3.63) is 91.5 Å². The molecule has 8 nitrogen and oxygen atoms in total. The highest BCUT2D eigenvalue weighted by molar-refractivity contribution is 9.10. The number of hydrogen-bond acceptors (Lipinski definition) is 5. The summed E-state index contributed by atoms with van der Waals surface area (Å²) in [7, 11) is 3.94. The second kappa shape index (κ2) is 11.5. The Labute approximate surface area is 226 Å². The molecule has 1 unspecified atom stereocenters. The molecule has 1 amide bonds. The van der Waals surface area contributed by atoms with Gasteiger partial charge in [-0.15, -0.1) is 0 Å². The first-order valence-corrected chi connectivity index (χ1v) is 13.3. The normalized spacial score (nSPS) is 12.3. The molecule has 188 valence electrons. The first-order valence-electron chi connectivity index (χ1n) is 11.7. The van der Waals surface area contributed by atoms with Crippen molar-refractivity contribution >= 4 is 48.8 Å². The smallest absolute Gasteiger partial charge is 0.265 e. The molecule has 2 aromatic carbocycles. The van der Waals surface area contributed by atoms with Crippen molar-refractivity contribution in [3.8, 4) is 0 Å². The number of amides is 1. The molecular weight excluding hydrogens is 588 g/mol. The Kier molecular flexibility index (Phi) is 8.38. The average Bonchev–Trinajstić information content (AvgIpc) is 3.20. The van der Waals surface area contributed by atoms with Crippen molar-refractivity contribution in [2.24, 2.45) is 0 Å². The van der Waals surface area contributed by atoms with Crippen LogP contribution in [0.15, 0.2) is 74.8 Å². The van der Waals surface area contributed by atoms with Crippen molar-refractivity contribution in [1.82, 2.24) is 29.1 Å². The van der Waals surface area contributed by atoms with Gasteiger partial charge in [-0.3, -0.25) is 14.2 Å². The highest BCUT2D eigenvalue weighted by Crippen LogP contribution is 2.27. The van der Waals surface area contributed by atoms with Crippen LogP contribution < -0.4 is 5.56 Å². The van der Waals surface area contributed by atoms with E-state index in [0.29, 0.717) is 47.3 Å². The van der Waals surface area contributed by atoms with Crippen molar-refractivity contribution in [2.45, 2.75) is 26.1 Å². The van der Waals surface area contributed by atoms with Gasteiger partial charge in [0.25, 0.3) is 11.5 Å². The number of carbonyl (C=O) groups is 1. The zero-order valence-electron chi connectivity index (χ0n) is 20.4. The standard InChI is InChI=1S/C26H28Br2N6O2/c1-4-21(33(15-14-31(2)3)25(35)19-10-12-20(27)13-11-19)34-24-22(23(28)30-34)26(36)32(17-29-24)16-18-8-6-5-7-9-18/h5-13,17,21H,4,14-16H2,1-3H3. The molecule has 2 aromatic heterocycles. The maximum atomic E-state index is 13.7. The van der Waals surface area contributed by atoms with Gasteiger partial charge in [-0.1, -0.05) is 53.2 Å². The average molecular weight is 616 g/mol. The molecule has 0 aliphatic rings.